The van der Waals surface area contributed by atoms with Crippen LogP contribution in [0.5, 0.6) is 5.75 Å². The Kier molecular flexibility index (Phi) is 4.05. The van der Waals surface area contributed by atoms with Gasteiger partial charge in [0.1, 0.15) is 11.9 Å². The van der Waals surface area contributed by atoms with Gasteiger partial charge in [0.2, 0.25) is 0 Å². The minimum Gasteiger partial charge on any atom is -0.485 e. The standard InChI is InChI=1S/C17H15N3O3/c18-16(21)17(22)20-19-13-10-15(11-6-2-1-3-7-11)23-14-9-5-4-8-12(13)14/h1-9,15H,10H2,(H2,18,21)(H,20,22)/t15-/m0/s1. The first kappa shape index (κ1) is 14.8. The van der Waals surface area contributed by atoms with Crippen molar-refractivity contribution in [1.29, 1.82) is 0 Å². The van der Waals surface area contributed by atoms with E-state index in [-0.39, 0.29) is 6.10 Å². The molecule has 116 valence electrons. The van der Waals surface area contributed by atoms with Crippen LogP contribution in [0.1, 0.15) is 23.7 Å². The van der Waals surface area contributed by atoms with Gasteiger partial charge in [0, 0.05) is 12.0 Å². The molecule has 3 rings (SSSR count). The SMILES string of the molecule is NC(=O)C(=O)NN=C1C[C@@H](c2ccccc2)Oc2ccccc21. The number of rotatable bonds is 2. The molecule has 2 aromatic carbocycles. The van der Waals surface area contributed by atoms with Gasteiger partial charge in [-0.2, -0.15) is 5.10 Å². The second-order valence-corrected chi connectivity index (χ2v) is 5.08. The largest absolute Gasteiger partial charge is 0.485 e. The number of carbonyl (C=O) groups is 2. The molecule has 2 amide bonds. The van der Waals surface area contributed by atoms with Crippen LogP contribution in [0.3, 0.4) is 0 Å². The van der Waals surface area contributed by atoms with Gasteiger partial charge in [-0.3, -0.25) is 9.59 Å². The first-order valence-electron chi connectivity index (χ1n) is 7.12. The number of hydrazone groups is 1. The Morgan fingerprint density at radius 1 is 1.09 bits per heavy atom. The van der Waals surface area contributed by atoms with Crippen molar-refractivity contribution in [2.24, 2.45) is 10.8 Å². The molecule has 23 heavy (non-hydrogen) atoms. The van der Waals surface area contributed by atoms with Gasteiger partial charge in [-0.15, -0.1) is 0 Å². The van der Waals surface area contributed by atoms with Crippen LogP contribution in [-0.4, -0.2) is 17.5 Å². The van der Waals surface area contributed by atoms with Crippen molar-refractivity contribution < 1.29 is 14.3 Å². The maximum Gasteiger partial charge on any atom is 0.329 e. The van der Waals surface area contributed by atoms with Gasteiger partial charge in [0.05, 0.1) is 5.71 Å². The second kappa shape index (κ2) is 6.31. The van der Waals surface area contributed by atoms with E-state index in [0.29, 0.717) is 17.9 Å². The molecule has 1 atom stereocenters. The molecular weight excluding hydrogens is 294 g/mol. The molecule has 0 saturated heterocycles. The Hall–Kier alpha value is -3.15. The summed E-state index contributed by atoms with van der Waals surface area (Å²) in [5.74, 6) is -1.34. The molecular formula is C17H15N3O3. The predicted molar refractivity (Wildman–Crippen MR) is 84.7 cm³/mol. The van der Waals surface area contributed by atoms with Crippen LogP contribution < -0.4 is 15.9 Å². The Balaban J connectivity index is 1.93. The number of primary amides is 1. The minimum absolute atomic E-state index is 0.213. The summed E-state index contributed by atoms with van der Waals surface area (Å²) in [6, 6.07) is 17.2. The highest BCUT2D eigenvalue weighted by atomic mass is 16.5. The van der Waals surface area contributed by atoms with E-state index in [2.05, 4.69) is 10.5 Å². The molecule has 0 bridgehead atoms. The number of nitrogens with two attached hydrogens (primary N) is 1. The van der Waals surface area contributed by atoms with Gasteiger partial charge in [-0.05, 0) is 17.7 Å². The first-order valence-corrected chi connectivity index (χ1v) is 7.12. The number of hydrogen-bond donors (Lipinski definition) is 2. The van der Waals surface area contributed by atoms with Crippen LogP contribution in [0, 0.1) is 0 Å². The third-order valence-corrected chi connectivity index (χ3v) is 3.53. The van der Waals surface area contributed by atoms with Gasteiger partial charge in [0.15, 0.2) is 0 Å². The molecule has 0 saturated carbocycles. The minimum atomic E-state index is -1.07. The topological polar surface area (TPSA) is 93.8 Å². The Morgan fingerprint density at radius 2 is 1.78 bits per heavy atom. The molecule has 0 aliphatic carbocycles. The van der Waals surface area contributed by atoms with Gasteiger partial charge < -0.3 is 10.5 Å². The van der Waals surface area contributed by atoms with Crippen molar-refractivity contribution in [1.82, 2.24) is 5.43 Å². The Labute approximate surface area is 132 Å². The third-order valence-electron chi connectivity index (χ3n) is 3.53. The van der Waals surface area contributed by atoms with Crippen molar-refractivity contribution in [2.45, 2.75) is 12.5 Å². The highest BCUT2D eigenvalue weighted by molar-refractivity contribution is 6.34. The fourth-order valence-corrected chi connectivity index (χ4v) is 2.42. The maximum absolute atomic E-state index is 11.3. The summed E-state index contributed by atoms with van der Waals surface area (Å²) < 4.78 is 6.02. The summed E-state index contributed by atoms with van der Waals surface area (Å²) in [7, 11) is 0. The third kappa shape index (κ3) is 3.21. The van der Waals surface area contributed by atoms with Crippen molar-refractivity contribution in [3.8, 4) is 5.75 Å². The maximum atomic E-state index is 11.3. The van der Waals surface area contributed by atoms with Gasteiger partial charge in [0.25, 0.3) is 0 Å². The number of fused-ring (bicyclic) bond motifs is 1. The predicted octanol–water partition coefficient (Wildman–Crippen LogP) is 1.52. The van der Waals surface area contributed by atoms with Crippen LogP contribution in [-0.2, 0) is 9.59 Å². The lowest BCUT2D eigenvalue weighted by Gasteiger charge is -2.27. The smallest absolute Gasteiger partial charge is 0.329 e. The van der Waals surface area contributed by atoms with Crippen LogP contribution >= 0.6 is 0 Å². The number of nitrogens with one attached hydrogen (secondary N) is 1. The van der Waals surface area contributed by atoms with E-state index in [9.17, 15) is 9.59 Å². The first-order chi connectivity index (χ1) is 11.1. The summed E-state index contributed by atoms with van der Waals surface area (Å²) in [4.78, 5) is 22.1. The molecule has 0 aromatic heterocycles. The lowest BCUT2D eigenvalue weighted by molar-refractivity contribution is -0.137. The zero-order valence-corrected chi connectivity index (χ0v) is 12.2. The second-order valence-electron chi connectivity index (χ2n) is 5.08. The van der Waals surface area contributed by atoms with Crippen LogP contribution in [0.2, 0.25) is 0 Å². The monoisotopic (exact) mass is 309 g/mol. The Bertz CT molecular complexity index is 772. The van der Waals surface area contributed by atoms with E-state index in [0.717, 1.165) is 11.1 Å². The Morgan fingerprint density at radius 3 is 2.52 bits per heavy atom. The van der Waals surface area contributed by atoms with E-state index in [1.165, 1.54) is 0 Å². The number of hydrogen-bond acceptors (Lipinski definition) is 4. The molecule has 1 heterocycles. The molecule has 2 aromatic rings. The van der Waals surface area contributed by atoms with E-state index in [1.54, 1.807) is 0 Å². The number of amides is 2. The van der Waals surface area contributed by atoms with Crippen LogP contribution in [0.15, 0.2) is 59.7 Å². The lowest BCUT2D eigenvalue weighted by Crippen LogP contribution is -2.34. The molecule has 6 nitrogen and oxygen atoms in total. The van der Waals surface area contributed by atoms with E-state index < -0.39 is 11.8 Å². The molecule has 0 spiro atoms. The fraction of sp³-hybridized carbons (Fsp3) is 0.118. The number of para-hydroxylation sites is 1. The summed E-state index contributed by atoms with van der Waals surface area (Å²) >= 11 is 0. The zero-order valence-electron chi connectivity index (χ0n) is 12.2. The summed E-state index contributed by atoms with van der Waals surface area (Å²) in [5, 5.41) is 4.06. The highest BCUT2D eigenvalue weighted by Gasteiger charge is 2.26. The summed E-state index contributed by atoms with van der Waals surface area (Å²) in [5.41, 5.74) is 9.53. The normalized spacial score (nSPS) is 17.9. The average Bonchev–Trinajstić information content (AvgIpc) is 2.59. The van der Waals surface area contributed by atoms with Crippen molar-refractivity contribution in [3.63, 3.8) is 0 Å². The summed E-state index contributed by atoms with van der Waals surface area (Å²) in [6.45, 7) is 0. The van der Waals surface area contributed by atoms with Crippen molar-refractivity contribution in [2.75, 3.05) is 0 Å². The molecule has 3 N–H and O–H groups in total. The quantitative estimate of drug-likeness (QED) is 0.650. The number of carbonyl (C=O) groups excluding carboxylic acids is 2. The lowest BCUT2D eigenvalue weighted by atomic mass is 9.96. The molecule has 1 aliphatic heterocycles. The number of nitrogens with zero attached hydrogens (tertiary/aromatic N) is 1. The molecule has 0 unspecified atom stereocenters. The molecule has 6 heteroatoms. The van der Waals surface area contributed by atoms with Crippen molar-refractivity contribution >= 4 is 17.5 Å². The van der Waals surface area contributed by atoms with Gasteiger partial charge >= 0.3 is 11.8 Å². The highest BCUT2D eigenvalue weighted by Crippen LogP contribution is 2.34. The number of ether oxygens (including phenoxy) is 1. The molecule has 1 aliphatic rings. The van der Waals surface area contributed by atoms with E-state index in [4.69, 9.17) is 10.5 Å². The van der Waals surface area contributed by atoms with E-state index >= 15 is 0 Å². The molecule has 0 radical (unpaired) electrons. The van der Waals surface area contributed by atoms with Crippen LogP contribution in [0.4, 0.5) is 0 Å². The van der Waals surface area contributed by atoms with Gasteiger partial charge in [-0.25, -0.2) is 5.43 Å². The number of benzene rings is 2. The summed E-state index contributed by atoms with van der Waals surface area (Å²) in [6.07, 6.45) is 0.260. The molecule has 0 fully saturated rings. The zero-order chi connectivity index (χ0) is 16.2. The van der Waals surface area contributed by atoms with E-state index in [1.807, 2.05) is 54.6 Å². The van der Waals surface area contributed by atoms with Gasteiger partial charge in [-0.1, -0.05) is 42.5 Å². The fourth-order valence-electron chi connectivity index (χ4n) is 2.42. The van der Waals surface area contributed by atoms with Crippen molar-refractivity contribution in [3.05, 3.63) is 65.7 Å². The average molecular weight is 309 g/mol. The van der Waals surface area contributed by atoms with Crippen LogP contribution in [0.25, 0.3) is 0 Å².